The highest BCUT2D eigenvalue weighted by atomic mass is 16.3. The highest BCUT2D eigenvalue weighted by molar-refractivity contribution is 5.63. The first kappa shape index (κ1) is 13.2. The maximum Gasteiger partial charge on any atom is 0.138 e. The molecule has 1 atom stereocenters. The van der Waals surface area contributed by atoms with Crippen LogP contribution in [-0.4, -0.2) is 18.2 Å². The third-order valence-corrected chi connectivity index (χ3v) is 3.90. The predicted octanol–water partition coefficient (Wildman–Crippen LogP) is 2.78. The Hall–Kier alpha value is -1.22. The number of phenolic OH excluding ortho intramolecular Hbond substituents is 1. The second-order valence-electron chi connectivity index (χ2n) is 5.20. The molecule has 1 aliphatic carbocycles. The number of nitrogens with one attached hydrogen (secondary N) is 1. The number of nitrogen functional groups attached to an aromatic ring is 1. The van der Waals surface area contributed by atoms with Gasteiger partial charge in [-0.25, -0.2) is 0 Å². The predicted molar refractivity (Wildman–Crippen MR) is 76.0 cm³/mol. The number of benzene rings is 1. The molecular formula is C15H24N2O. The van der Waals surface area contributed by atoms with Crippen molar-refractivity contribution in [2.24, 2.45) is 0 Å². The minimum atomic E-state index is 0.236. The van der Waals surface area contributed by atoms with Crippen molar-refractivity contribution in [3.05, 3.63) is 23.3 Å². The lowest BCUT2D eigenvalue weighted by atomic mass is 9.96. The average Bonchev–Trinajstić information content (AvgIpc) is 2.78. The molecule has 1 aliphatic rings. The Morgan fingerprint density at radius 1 is 1.39 bits per heavy atom. The number of rotatable bonds is 6. The van der Waals surface area contributed by atoms with E-state index in [1.165, 1.54) is 30.4 Å². The molecule has 0 saturated heterocycles. The monoisotopic (exact) mass is 248 g/mol. The van der Waals surface area contributed by atoms with E-state index in [9.17, 15) is 5.11 Å². The molecule has 3 nitrogen and oxygen atoms in total. The Labute approximate surface area is 109 Å². The second-order valence-corrected chi connectivity index (χ2v) is 5.20. The summed E-state index contributed by atoms with van der Waals surface area (Å²) >= 11 is 0. The standard InChI is InChI=1S/C15H24N2O/c1-2-3-9-17-10-8-12-5-4-11-6-7-13(18)15(16)14(11)12/h6-7,12,17-18H,2-5,8-10,16H2,1H3. The summed E-state index contributed by atoms with van der Waals surface area (Å²) in [5.74, 6) is 0.751. The molecule has 1 unspecified atom stereocenters. The van der Waals surface area contributed by atoms with E-state index in [-0.39, 0.29) is 5.75 Å². The Bertz CT molecular complexity index is 404. The van der Waals surface area contributed by atoms with Gasteiger partial charge in [-0.15, -0.1) is 0 Å². The van der Waals surface area contributed by atoms with Crippen LogP contribution in [0.2, 0.25) is 0 Å². The van der Waals surface area contributed by atoms with Gasteiger partial charge in [0.1, 0.15) is 5.75 Å². The largest absolute Gasteiger partial charge is 0.506 e. The van der Waals surface area contributed by atoms with E-state index in [0.29, 0.717) is 11.6 Å². The minimum absolute atomic E-state index is 0.236. The zero-order chi connectivity index (χ0) is 13.0. The number of hydrogen-bond acceptors (Lipinski definition) is 3. The van der Waals surface area contributed by atoms with Crippen LogP contribution in [0, 0.1) is 0 Å². The van der Waals surface area contributed by atoms with Crippen LogP contribution in [-0.2, 0) is 6.42 Å². The third kappa shape index (κ3) is 2.78. The summed E-state index contributed by atoms with van der Waals surface area (Å²) in [4.78, 5) is 0. The molecule has 0 aromatic heterocycles. The van der Waals surface area contributed by atoms with Gasteiger partial charge in [0.2, 0.25) is 0 Å². The van der Waals surface area contributed by atoms with Crippen molar-refractivity contribution in [2.45, 2.75) is 44.9 Å². The molecule has 18 heavy (non-hydrogen) atoms. The van der Waals surface area contributed by atoms with Crippen molar-refractivity contribution < 1.29 is 5.11 Å². The van der Waals surface area contributed by atoms with Crippen LogP contribution >= 0.6 is 0 Å². The van der Waals surface area contributed by atoms with Gasteiger partial charge < -0.3 is 16.2 Å². The molecule has 0 amide bonds. The van der Waals surface area contributed by atoms with Gasteiger partial charge in [0, 0.05) is 0 Å². The topological polar surface area (TPSA) is 58.3 Å². The van der Waals surface area contributed by atoms with Gasteiger partial charge in [0.05, 0.1) is 5.69 Å². The van der Waals surface area contributed by atoms with Crippen LogP contribution < -0.4 is 11.1 Å². The maximum atomic E-state index is 9.70. The molecule has 0 bridgehead atoms. The molecule has 2 rings (SSSR count). The van der Waals surface area contributed by atoms with Gasteiger partial charge in [-0.1, -0.05) is 19.4 Å². The fourth-order valence-corrected chi connectivity index (χ4v) is 2.84. The molecule has 0 heterocycles. The van der Waals surface area contributed by atoms with Crippen LogP contribution in [0.5, 0.6) is 5.75 Å². The van der Waals surface area contributed by atoms with Gasteiger partial charge in [0.15, 0.2) is 0 Å². The van der Waals surface area contributed by atoms with E-state index >= 15 is 0 Å². The quantitative estimate of drug-likeness (QED) is 0.412. The Morgan fingerprint density at radius 2 is 2.22 bits per heavy atom. The highest BCUT2D eigenvalue weighted by Gasteiger charge is 2.25. The first-order chi connectivity index (χ1) is 8.74. The van der Waals surface area contributed by atoms with Gasteiger partial charge in [-0.05, 0) is 61.9 Å². The molecule has 3 heteroatoms. The maximum absolute atomic E-state index is 9.70. The van der Waals surface area contributed by atoms with E-state index in [1.807, 2.05) is 6.07 Å². The lowest BCUT2D eigenvalue weighted by molar-refractivity contribution is 0.476. The summed E-state index contributed by atoms with van der Waals surface area (Å²) in [5.41, 5.74) is 9.13. The molecule has 4 N–H and O–H groups in total. The Kier molecular flexibility index (Phi) is 4.48. The minimum Gasteiger partial charge on any atom is -0.506 e. The molecule has 1 aromatic rings. The highest BCUT2D eigenvalue weighted by Crippen LogP contribution is 2.42. The van der Waals surface area contributed by atoms with E-state index in [1.54, 1.807) is 6.07 Å². The summed E-state index contributed by atoms with van der Waals surface area (Å²) in [6, 6.07) is 3.74. The van der Waals surface area contributed by atoms with Crippen LogP contribution in [0.25, 0.3) is 0 Å². The molecule has 1 aromatic carbocycles. The normalized spacial score (nSPS) is 17.9. The van der Waals surface area contributed by atoms with Crippen LogP contribution in [0.3, 0.4) is 0 Å². The number of hydrogen-bond donors (Lipinski definition) is 3. The molecule has 0 fully saturated rings. The van der Waals surface area contributed by atoms with E-state index in [4.69, 9.17) is 5.73 Å². The van der Waals surface area contributed by atoms with Crippen molar-refractivity contribution in [1.82, 2.24) is 5.32 Å². The molecule has 100 valence electrons. The summed E-state index contributed by atoms with van der Waals surface area (Å²) in [6.45, 7) is 4.35. The second kappa shape index (κ2) is 6.10. The number of nitrogens with two attached hydrogens (primary N) is 1. The molecule has 0 radical (unpaired) electrons. The summed E-state index contributed by atoms with van der Waals surface area (Å²) in [6.07, 6.45) is 5.85. The van der Waals surface area contributed by atoms with Crippen LogP contribution in [0.1, 0.15) is 49.7 Å². The number of aromatic hydroxyl groups is 1. The molecular weight excluding hydrogens is 224 g/mol. The number of phenols is 1. The number of aryl methyl sites for hydroxylation is 1. The number of fused-ring (bicyclic) bond motifs is 1. The van der Waals surface area contributed by atoms with Gasteiger partial charge in [0.25, 0.3) is 0 Å². The lowest BCUT2D eigenvalue weighted by Crippen LogP contribution is -2.18. The zero-order valence-electron chi connectivity index (χ0n) is 11.2. The zero-order valence-corrected chi connectivity index (χ0v) is 11.2. The van der Waals surface area contributed by atoms with Crippen molar-refractivity contribution in [3.63, 3.8) is 0 Å². The van der Waals surface area contributed by atoms with Crippen LogP contribution in [0.4, 0.5) is 5.69 Å². The molecule has 0 aliphatic heterocycles. The first-order valence-corrected chi connectivity index (χ1v) is 7.05. The fraction of sp³-hybridized carbons (Fsp3) is 0.600. The number of anilines is 1. The van der Waals surface area contributed by atoms with Gasteiger partial charge >= 0.3 is 0 Å². The van der Waals surface area contributed by atoms with Crippen LogP contribution in [0.15, 0.2) is 12.1 Å². The summed E-state index contributed by atoms with van der Waals surface area (Å²) in [5, 5.41) is 13.2. The molecule has 0 saturated carbocycles. The fourth-order valence-electron chi connectivity index (χ4n) is 2.84. The molecule has 0 spiro atoms. The Morgan fingerprint density at radius 3 is 3.00 bits per heavy atom. The van der Waals surface area contributed by atoms with Gasteiger partial charge in [-0.2, -0.15) is 0 Å². The lowest BCUT2D eigenvalue weighted by Gasteiger charge is -2.15. The van der Waals surface area contributed by atoms with Crippen molar-refractivity contribution in [2.75, 3.05) is 18.8 Å². The van der Waals surface area contributed by atoms with Gasteiger partial charge in [-0.3, -0.25) is 0 Å². The van der Waals surface area contributed by atoms with E-state index in [0.717, 1.165) is 25.9 Å². The van der Waals surface area contributed by atoms with Crippen molar-refractivity contribution >= 4 is 5.69 Å². The smallest absolute Gasteiger partial charge is 0.138 e. The SMILES string of the molecule is CCCCNCCC1CCc2ccc(O)c(N)c21. The van der Waals surface area contributed by atoms with Crippen molar-refractivity contribution in [3.8, 4) is 5.75 Å². The van der Waals surface area contributed by atoms with E-state index < -0.39 is 0 Å². The first-order valence-electron chi connectivity index (χ1n) is 7.05. The summed E-state index contributed by atoms with van der Waals surface area (Å²) in [7, 11) is 0. The van der Waals surface area contributed by atoms with Crippen molar-refractivity contribution in [1.29, 1.82) is 0 Å². The summed E-state index contributed by atoms with van der Waals surface area (Å²) < 4.78 is 0. The third-order valence-electron chi connectivity index (χ3n) is 3.90. The Balaban J connectivity index is 1.92. The average molecular weight is 248 g/mol. The number of unbranched alkanes of at least 4 members (excludes halogenated alkanes) is 1. The van der Waals surface area contributed by atoms with E-state index in [2.05, 4.69) is 12.2 Å².